The van der Waals surface area contributed by atoms with Gasteiger partial charge in [0.1, 0.15) is 6.04 Å². The molecule has 0 aromatic rings. The lowest BCUT2D eigenvalue weighted by molar-refractivity contribution is -0.146. The third-order valence-electron chi connectivity index (χ3n) is 5.27. The van der Waals surface area contributed by atoms with Gasteiger partial charge in [-0.1, -0.05) is 111 Å². The zero-order valence-corrected chi connectivity index (χ0v) is 17.4. The first-order valence-electron chi connectivity index (χ1n) is 11.1. The van der Waals surface area contributed by atoms with Gasteiger partial charge in [0.25, 0.3) is 0 Å². The van der Waals surface area contributed by atoms with Gasteiger partial charge in [-0.25, -0.2) is 0 Å². The van der Waals surface area contributed by atoms with Crippen molar-refractivity contribution in [3.63, 3.8) is 0 Å². The Hall–Kier alpha value is -0.570. The van der Waals surface area contributed by atoms with Crippen molar-refractivity contribution >= 4 is 5.97 Å². The summed E-state index contributed by atoms with van der Waals surface area (Å²) in [4.78, 5) is 11.7. The van der Waals surface area contributed by atoms with Crippen molar-refractivity contribution in [2.75, 3.05) is 6.61 Å². The van der Waals surface area contributed by atoms with E-state index in [-0.39, 0.29) is 11.9 Å². The number of esters is 1. The molecule has 0 heterocycles. The van der Waals surface area contributed by atoms with E-state index in [0.29, 0.717) is 6.61 Å². The lowest BCUT2D eigenvalue weighted by atomic mass is 10.0. The average molecular weight is 356 g/mol. The summed E-state index contributed by atoms with van der Waals surface area (Å²) in [5.41, 5.74) is 5.86. The Morgan fingerprint density at radius 3 is 1.56 bits per heavy atom. The first kappa shape index (κ1) is 24.4. The molecule has 0 aliphatic carbocycles. The summed E-state index contributed by atoms with van der Waals surface area (Å²) in [7, 11) is 0. The number of rotatable bonds is 18. The van der Waals surface area contributed by atoms with E-state index in [9.17, 15) is 4.79 Å². The van der Waals surface area contributed by atoms with Crippen LogP contribution in [0.2, 0.25) is 0 Å². The van der Waals surface area contributed by atoms with Crippen LogP contribution in [0.4, 0.5) is 0 Å². The van der Waals surface area contributed by atoms with Crippen molar-refractivity contribution in [2.45, 2.75) is 123 Å². The fourth-order valence-corrected chi connectivity index (χ4v) is 3.05. The van der Waals surface area contributed by atoms with Gasteiger partial charge in [-0.15, -0.1) is 0 Å². The maximum absolute atomic E-state index is 11.7. The normalized spacial score (nSPS) is 13.6. The second kappa shape index (κ2) is 18.2. The van der Waals surface area contributed by atoms with E-state index in [4.69, 9.17) is 10.5 Å². The van der Waals surface area contributed by atoms with Gasteiger partial charge >= 0.3 is 5.97 Å². The maximum atomic E-state index is 11.7. The van der Waals surface area contributed by atoms with E-state index < -0.39 is 6.04 Å². The molecule has 0 saturated heterocycles. The molecule has 0 radical (unpaired) electrons. The van der Waals surface area contributed by atoms with Crippen molar-refractivity contribution < 1.29 is 9.53 Å². The van der Waals surface area contributed by atoms with Crippen molar-refractivity contribution in [1.82, 2.24) is 0 Å². The molecule has 0 spiro atoms. The molecule has 0 rings (SSSR count). The molecule has 2 N–H and O–H groups in total. The van der Waals surface area contributed by atoms with Crippen LogP contribution in [-0.2, 0) is 9.53 Å². The Morgan fingerprint density at radius 1 is 0.760 bits per heavy atom. The molecular weight excluding hydrogens is 310 g/mol. The van der Waals surface area contributed by atoms with Crippen LogP contribution in [0.25, 0.3) is 0 Å². The van der Waals surface area contributed by atoms with Gasteiger partial charge in [0, 0.05) is 0 Å². The molecule has 150 valence electrons. The third-order valence-corrected chi connectivity index (χ3v) is 5.27. The highest BCUT2D eigenvalue weighted by atomic mass is 16.5. The van der Waals surface area contributed by atoms with Crippen LogP contribution in [0, 0.1) is 5.92 Å². The topological polar surface area (TPSA) is 52.3 Å². The number of hydrogen-bond donors (Lipinski definition) is 1. The van der Waals surface area contributed by atoms with E-state index >= 15 is 0 Å². The fraction of sp³-hybridized carbons (Fsp3) is 0.955. The van der Waals surface area contributed by atoms with Crippen LogP contribution in [0.1, 0.15) is 117 Å². The van der Waals surface area contributed by atoms with Gasteiger partial charge in [-0.3, -0.25) is 4.79 Å². The van der Waals surface area contributed by atoms with Crippen LogP contribution >= 0.6 is 0 Å². The molecule has 2 atom stereocenters. The monoisotopic (exact) mass is 355 g/mol. The highest BCUT2D eigenvalue weighted by Gasteiger charge is 2.20. The van der Waals surface area contributed by atoms with Crippen LogP contribution in [0.3, 0.4) is 0 Å². The van der Waals surface area contributed by atoms with Gasteiger partial charge in [0.15, 0.2) is 0 Å². The largest absolute Gasteiger partial charge is 0.465 e. The lowest BCUT2D eigenvalue weighted by Gasteiger charge is -2.16. The number of nitrogens with two attached hydrogens (primary N) is 1. The highest BCUT2D eigenvalue weighted by Crippen LogP contribution is 2.13. The summed E-state index contributed by atoms with van der Waals surface area (Å²) in [6, 6.07) is -0.461. The maximum Gasteiger partial charge on any atom is 0.323 e. The fourth-order valence-electron chi connectivity index (χ4n) is 3.05. The number of ether oxygens (including phenoxy) is 1. The Kier molecular flexibility index (Phi) is 17.8. The standard InChI is InChI=1S/C22H45NO2/c1-4-6-7-8-9-10-11-12-13-14-15-16-17-18-19-25-22(24)21(23)20(3)5-2/h20-21H,4-19,23H2,1-3H3. The molecule has 0 bridgehead atoms. The van der Waals surface area contributed by atoms with E-state index in [1.54, 1.807) is 0 Å². The summed E-state index contributed by atoms with van der Waals surface area (Å²) < 4.78 is 5.27. The minimum atomic E-state index is -0.461. The third kappa shape index (κ3) is 15.4. The zero-order chi connectivity index (χ0) is 18.8. The van der Waals surface area contributed by atoms with Gasteiger partial charge in [-0.2, -0.15) is 0 Å². The number of carbonyl (C=O) groups is 1. The number of unbranched alkanes of at least 4 members (excludes halogenated alkanes) is 13. The van der Waals surface area contributed by atoms with Gasteiger partial charge in [0.05, 0.1) is 6.61 Å². The van der Waals surface area contributed by atoms with Crippen molar-refractivity contribution in [2.24, 2.45) is 11.7 Å². The molecule has 0 aliphatic rings. The summed E-state index contributed by atoms with van der Waals surface area (Å²) in [6.07, 6.45) is 19.6. The second-order valence-electron chi connectivity index (χ2n) is 7.68. The highest BCUT2D eigenvalue weighted by molar-refractivity contribution is 5.75. The van der Waals surface area contributed by atoms with Crippen molar-refractivity contribution in [3.05, 3.63) is 0 Å². The summed E-state index contributed by atoms with van der Waals surface area (Å²) >= 11 is 0. The quantitative estimate of drug-likeness (QED) is 0.229. The summed E-state index contributed by atoms with van der Waals surface area (Å²) in [6.45, 7) is 6.85. The van der Waals surface area contributed by atoms with Crippen LogP contribution < -0.4 is 5.73 Å². The van der Waals surface area contributed by atoms with Gasteiger partial charge < -0.3 is 10.5 Å². The Morgan fingerprint density at radius 2 is 1.16 bits per heavy atom. The smallest absolute Gasteiger partial charge is 0.323 e. The molecule has 0 fully saturated rings. The first-order valence-corrected chi connectivity index (χ1v) is 11.1. The predicted octanol–water partition coefficient (Wildman–Crippen LogP) is 6.38. The predicted molar refractivity (Wildman–Crippen MR) is 109 cm³/mol. The molecule has 0 saturated carbocycles. The molecular formula is C22H45NO2. The number of carbonyl (C=O) groups excluding carboxylic acids is 1. The zero-order valence-electron chi connectivity index (χ0n) is 17.4. The Labute approximate surface area is 157 Å². The molecule has 0 aliphatic heterocycles. The van der Waals surface area contributed by atoms with Crippen molar-refractivity contribution in [1.29, 1.82) is 0 Å². The van der Waals surface area contributed by atoms with Crippen LogP contribution in [0.15, 0.2) is 0 Å². The number of hydrogen-bond acceptors (Lipinski definition) is 3. The second-order valence-corrected chi connectivity index (χ2v) is 7.68. The van der Waals surface area contributed by atoms with Gasteiger partial charge in [0.2, 0.25) is 0 Å². The van der Waals surface area contributed by atoms with Crippen LogP contribution in [-0.4, -0.2) is 18.6 Å². The minimum absolute atomic E-state index is 0.198. The SMILES string of the molecule is CCCCCCCCCCCCCCCCOC(=O)C(N)C(C)CC. The molecule has 2 unspecified atom stereocenters. The molecule has 0 aromatic heterocycles. The van der Waals surface area contributed by atoms with Crippen molar-refractivity contribution in [3.8, 4) is 0 Å². The molecule has 0 amide bonds. The average Bonchev–Trinajstić information content (AvgIpc) is 2.63. The molecule has 3 nitrogen and oxygen atoms in total. The lowest BCUT2D eigenvalue weighted by Crippen LogP contribution is -2.38. The minimum Gasteiger partial charge on any atom is -0.465 e. The molecule has 0 aromatic carbocycles. The first-order chi connectivity index (χ1) is 12.1. The Balaban J connectivity index is 3.22. The Bertz CT molecular complexity index is 294. The molecule has 25 heavy (non-hydrogen) atoms. The van der Waals surface area contributed by atoms with E-state index in [2.05, 4.69) is 6.92 Å². The summed E-state index contributed by atoms with van der Waals surface area (Å²) in [5, 5.41) is 0. The van der Waals surface area contributed by atoms with E-state index in [1.165, 1.54) is 77.0 Å². The van der Waals surface area contributed by atoms with Crippen LogP contribution in [0.5, 0.6) is 0 Å². The van der Waals surface area contributed by atoms with Gasteiger partial charge in [-0.05, 0) is 12.3 Å². The summed E-state index contributed by atoms with van der Waals surface area (Å²) in [5.74, 6) is -0.0344. The molecule has 3 heteroatoms. The van der Waals surface area contributed by atoms with E-state index in [1.807, 2.05) is 13.8 Å². The van der Waals surface area contributed by atoms with E-state index in [0.717, 1.165) is 19.3 Å².